The normalized spacial score (nSPS) is 11.4. The highest BCUT2D eigenvalue weighted by Crippen LogP contribution is 2.33. The summed E-state index contributed by atoms with van der Waals surface area (Å²) in [7, 11) is 1.86. The third kappa shape index (κ3) is 6.31. The number of methoxy groups -OCH3 is 4. The molecule has 0 aliphatic rings. The van der Waals surface area contributed by atoms with Crippen molar-refractivity contribution in [3.63, 3.8) is 0 Å². The summed E-state index contributed by atoms with van der Waals surface area (Å²) in [4.78, 5) is 12.9. The van der Waals surface area contributed by atoms with E-state index < -0.39 is 22.5 Å². The molecule has 3 rings (SSSR count). The predicted octanol–water partition coefficient (Wildman–Crippen LogP) is 3.46. The highest BCUT2D eigenvalue weighted by molar-refractivity contribution is 7.92. The first-order valence-electron chi connectivity index (χ1n) is 11.1. The largest absolute Gasteiger partial charge is 0.493 e. The van der Waals surface area contributed by atoms with Crippen LogP contribution in [0.1, 0.15) is 12.5 Å². The number of carbonyl (C=O) groups excluding carboxylic acids is 1. The van der Waals surface area contributed by atoms with Gasteiger partial charge in [-0.15, -0.1) is 0 Å². The van der Waals surface area contributed by atoms with Gasteiger partial charge in [-0.3, -0.25) is 9.10 Å². The van der Waals surface area contributed by atoms with Crippen molar-refractivity contribution in [1.82, 2.24) is 5.43 Å². The Morgan fingerprint density at radius 2 is 1.38 bits per heavy atom. The predicted molar refractivity (Wildman–Crippen MR) is 140 cm³/mol. The minimum Gasteiger partial charge on any atom is -0.493 e. The fraction of sp³-hybridized carbons (Fsp3) is 0.231. The van der Waals surface area contributed by atoms with Crippen LogP contribution in [0.15, 0.2) is 76.7 Å². The first-order valence-corrected chi connectivity index (χ1v) is 12.5. The Morgan fingerprint density at radius 3 is 1.97 bits per heavy atom. The molecule has 3 aromatic carbocycles. The Hall–Kier alpha value is -4.25. The number of hydrogen-bond acceptors (Lipinski definition) is 8. The lowest BCUT2D eigenvalue weighted by atomic mass is 10.1. The summed E-state index contributed by atoms with van der Waals surface area (Å²) >= 11 is 0. The number of carbonyl (C=O) groups is 1. The lowest BCUT2D eigenvalue weighted by Crippen LogP contribution is -2.39. The Morgan fingerprint density at radius 1 is 0.811 bits per heavy atom. The van der Waals surface area contributed by atoms with Crippen molar-refractivity contribution in [3.8, 4) is 23.0 Å². The fourth-order valence-electron chi connectivity index (χ4n) is 3.45. The van der Waals surface area contributed by atoms with Crippen molar-refractivity contribution in [2.24, 2.45) is 5.10 Å². The average molecular weight is 528 g/mol. The van der Waals surface area contributed by atoms with Crippen LogP contribution in [0.25, 0.3) is 0 Å². The number of hydrazone groups is 1. The Kier molecular flexibility index (Phi) is 8.96. The Labute approximate surface area is 216 Å². The quantitative estimate of drug-likeness (QED) is 0.300. The summed E-state index contributed by atoms with van der Waals surface area (Å²) < 4.78 is 49.2. The molecular weight excluding hydrogens is 498 g/mol. The van der Waals surface area contributed by atoms with E-state index in [4.69, 9.17) is 18.9 Å². The van der Waals surface area contributed by atoms with E-state index in [9.17, 15) is 13.2 Å². The lowest BCUT2D eigenvalue weighted by molar-refractivity contribution is -0.119. The first kappa shape index (κ1) is 27.3. The lowest BCUT2D eigenvalue weighted by Gasteiger charge is -2.24. The SMILES string of the molecule is COc1ccc(/C(C)=N\NC(=O)CN(c2ccc(OC)c(OC)c2)S(=O)(=O)c2ccccc2)cc1OC. The zero-order chi connectivity index (χ0) is 27.0. The van der Waals surface area contributed by atoms with E-state index >= 15 is 0 Å². The maximum atomic E-state index is 13.5. The number of ether oxygens (including phenoxy) is 4. The minimum absolute atomic E-state index is 0.0302. The molecule has 0 heterocycles. The molecule has 1 N–H and O–H groups in total. The molecule has 0 saturated heterocycles. The molecular formula is C26H29N3O7S. The van der Waals surface area contributed by atoms with Gasteiger partial charge < -0.3 is 18.9 Å². The molecule has 11 heteroatoms. The van der Waals surface area contributed by atoms with Crippen LogP contribution in [-0.4, -0.2) is 55.0 Å². The molecule has 0 unspecified atom stereocenters. The van der Waals surface area contributed by atoms with Gasteiger partial charge in [-0.2, -0.15) is 5.10 Å². The molecule has 0 spiro atoms. The molecule has 196 valence electrons. The van der Waals surface area contributed by atoms with Crippen LogP contribution in [-0.2, 0) is 14.8 Å². The molecule has 0 aliphatic heterocycles. The smallest absolute Gasteiger partial charge is 0.264 e. The highest BCUT2D eigenvalue weighted by Gasteiger charge is 2.28. The summed E-state index contributed by atoms with van der Waals surface area (Å²) in [5.41, 5.74) is 3.83. The van der Waals surface area contributed by atoms with Crippen molar-refractivity contribution in [1.29, 1.82) is 0 Å². The van der Waals surface area contributed by atoms with Gasteiger partial charge in [0.25, 0.3) is 15.9 Å². The van der Waals surface area contributed by atoms with Crippen LogP contribution < -0.4 is 28.7 Å². The molecule has 10 nitrogen and oxygen atoms in total. The summed E-state index contributed by atoms with van der Waals surface area (Å²) in [6.07, 6.45) is 0. The monoisotopic (exact) mass is 527 g/mol. The van der Waals surface area contributed by atoms with Crippen molar-refractivity contribution >= 4 is 27.3 Å². The third-order valence-corrected chi connectivity index (χ3v) is 7.21. The number of nitrogens with one attached hydrogen (secondary N) is 1. The van der Waals surface area contributed by atoms with Gasteiger partial charge in [0.1, 0.15) is 6.54 Å². The standard InChI is InChI=1S/C26H29N3O7S/c1-18(19-11-13-22(33-2)24(15-19)35-4)27-28-26(30)17-29(37(31,32)21-9-7-6-8-10-21)20-12-14-23(34-3)25(16-20)36-5/h6-16H,17H2,1-5H3,(H,28,30)/b27-18-. The number of rotatable bonds is 11. The summed E-state index contributed by atoms with van der Waals surface area (Å²) in [5, 5.41) is 4.14. The van der Waals surface area contributed by atoms with E-state index in [2.05, 4.69) is 10.5 Å². The average Bonchev–Trinajstić information content (AvgIpc) is 2.94. The number of amides is 1. The van der Waals surface area contributed by atoms with E-state index in [1.165, 1.54) is 52.7 Å². The van der Waals surface area contributed by atoms with Gasteiger partial charge in [-0.25, -0.2) is 13.8 Å². The van der Waals surface area contributed by atoms with Crippen LogP contribution in [0.2, 0.25) is 0 Å². The Balaban J connectivity index is 1.91. The van der Waals surface area contributed by atoms with Crippen molar-refractivity contribution in [3.05, 3.63) is 72.3 Å². The second kappa shape index (κ2) is 12.1. The number of hydrogen-bond donors (Lipinski definition) is 1. The van der Waals surface area contributed by atoms with Crippen LogP contribution >= 0.6 is 0 Å². The topological polar surface area (TPSA) is 116 Å². The van der Waals surface area contributed by atoms with Gasteiger partial charge in [-0.1, -0.05) is 18.2 Å². The second-order valence-corrected chi connectivity index (χ2v) is 9.53. The second-order valence-electron chi connectivity index (χ2n) is 7.67. The maximum absolute atomic E-state index is 13.5. The van der Waals surface area contributed by atoms with Gasteiger partial charge in [-0.05, 0) is 49.4 Å². The van der Waals surface area contributed by atoms with Crippen LogP contribution in [0.5, 0.6) is 23.0 Å². The molecule has 0 aliphatic carbocycles. The highest BCUT2D eigenvalue weighted by atomic mass is 32.2. The number of nitrogens with zero attached hydrogens (tertiary/aromatic N) is 2. The molecule has 1 amide bonds. The summed E-state index contributed by atoms with van der Waals surface area (Å²) in [5.74, 6) is 1.15. The van der Waals surface area contributed by atoms with E-state index in [0.29, 0.717) is 34.3 Å². The fourth-order valence-corrected chi connectivity index (χ4v) is 4.89. The van der Waals surface area contributed by atoms with Crippen molar-refractivity contribution in [2.45, 2.75) is 11.8 Å². The molecule has 0 bridgehead atoms. The van der Waals surface area contributed by atoms with E-state index in [1.54, 1.807) is 49.4 Å². The van der Waals surface area contributed by atoms with Crippen LogP contribution in [0.3, 0.4) is 0 Å². The summed E-state index contributed by atoms with van der Waals surface area (Å²) in [6.45, 7) is 1.17. The first-order chi connectivity index (χ1) is 17.7. The molecule has 0 radical (unpaired) electrons. The summed E-state index contributed by atoms with van der Waals surface area (Å²) in [6, 6.07) is 17.6. The van der Waals surface area contributed by atoms with Gasteiger partial charge >= 0.3 is 0 Å². The van der Waals surface area contributed by atoms with E-state index in [0.717, 1.165) is 4.31 Å². The number of sulfonamides is 1. The number of anilines is 1. The Bertz CT molecular complexity index is 1380. The molecule has 0 fully saturated rings. The molecule has 0 aromatic heterocycles. The third-order valence-electron chi connectivity index (χ3n) is 5.42. The molecule has 37 heavy (non-hydrogen) atoms. The zero-order valence-corrected chi connectivity index (χ0v) is 22.0. The van der Waals surface area contributed by atoms with Gasteiger partial charge in [0, 0.05) is 11.6 Å². The van der Waals surface area contributed by atoms with E-state index in [-0.39, 0.29) is 10.6 Å². The van der Waals surface area contributed by atoms with Crippen LogP contribution in [0.4, 0.5) is 5.69 Å². The van der Waals surface area contributed by atoms with Gasteiger partial charge in [0.05, 0.1) is 44.7 Å². The van der Waals surface area contributed by atoms with Gasteiger partial charge in [0.2, 0.25) is 0 Å². The van der Waals surface area contributed by atoms with Crippen molar-refractivity contribution < 1.29 is 32.2 Å². The maximum Gasteiger partial charge on any atom is 0.264 e. The van der Waals surface area contributed by atoms with Gasteiger partial charge in [0.15, 0.2) is 23.0 Å². The number of benzene rings is 3. The minimum atomic E-state index is -4.10. The van der Waals surface area contributed by atoms with Crippen molar-refractivity contribution in [2.75, 3.05) is 39.3 Å². The van der Waals surface area contributed by atoms with Crippen LogP contribution in [0, 0.1) is 0 Å². The molecule has 0 atom stereocenters. The van der Waals surface area contributed by atoms with E-state index in [1.807, 2.05) is 0 Å². The molecule has 3 aromatic rings. The molecule has 0 saturated carbocycles. The zero-order valence-electron chi connectivity index (χ0n) is 21.2.